The van der Waals surface area contributed by atoms with Crippen LogP contribution in [0.25, 0.3) is 11.5 Å². The monoisotopic (exact) mass is 481 g/mol. The van der Waals surface area contributed by atoms with Gasteiger partial charge in [-0.25, -0.2) is 0 Å². The normalized spacial score (nSPS) is 14.6. The van der Waals surface area contributed by atoms with Crippen LogP contribution in [0.5, 0.6) is 0 Å². The first-order valence-corrected chi connectivity index (χ1v) is 12.0. The summed E-state index contributed by atoms with van der Waals surface area (Å²) in [5, 5.41) is 28.7. The van der Waals surface area contributed by atoms with E-state index in [4.69, 9.17) is 8.83 Å². The zero-order valence-corrected chi connectivity index (χ0v) is 19.3. The van der Waals surface area contributed by atoms with Crippen LogP contribution in [-0.4, -0.2) is 43.0 Å². The standard InChI is InChI=1S/C22H23N7O4S/c1-15-8-10-27(11-9-15)21-25-26-22(28(21)13-18-3-2-12-32-18)34-14-19-23-24-20(33-19)16-4-6-17(7-5-16)29(30)31/h2-7,12,15H,8-11,13-14H2,1H3. The van der Waals surface area contributed by atoms with Gasteiger partial charge in [0.15, 0.2) is 5.16 Å². The minimum absolute atomic E-state index is 0.00825. The molecule has 34 heavy (non-hydrogen) atoms. The molecule has 0 spiro atoms. The van der Waals surface area contributed by atoms with Crippen molar-refractivity contribution < 1.29 is 13.8 Å². The molecule has 12 heteroatoms. The maximum Gasteiger partial charge on any atom is 0.269 e. The Kier molecular flexibility index (Phi) is 6.30. The van der Waals surface area contributed by atoms with Crippen molar-refractivity contribution >= 4 is 23.4 Å². The molecule has 11 nitrogen and oxygen atoms in total. The van der Waals surface area contributed by atoms with E-state index in [9.17, 15) is 10.1 Å². The average Bonchev–Trinajstić information content (AvgIpc) is 3.61. The predicted octanol–water partition coefficient (Wildman–Crippen LogP) is 4.41. The highest BCUT2D eigenvalue weighted by molar-refractivity contribution is 7.98. The maximum atomic E-state index is 10.8. The van der Waals surface area contributed by atoms with E-state index in [2.05, 4.69) is 36.8 Å². The number of nitrogens with zero attached hydrogens (tertiary/aromatic N) is 7. The number of hydrogen-bond donors (Lipinski definition) is 0. The third kappa shape index (κ3) is 4.81. The third-order valence-electron chi connectivity index (χ3n) is 5.77. The molecule has 4 heterocycles. The summed E-state index contributed by atoms with van der Waals surface area (Å²) >= 11 is 1.46. The Bertz CT molecular complexity index is 1240. The van der Waals surface area contributed by atoms with Gasteiger partial charge in [0.25, 0.3) is 5.69 Å². The molecule has 0 amide bonds. The van der Waals surface area contributed by atoms with Crippen molar-refractivity contribution in [1.82, 2.24) is 25.0 Å². The summed E-state index contributed by atoms with van der Waals surface area (Å²) in [6, 6.07) is 9.81. The van der Waals surface area contributed by atoms with Crippen molar-refractivity contribution in [2.75, 3.05) is 18.0 Å². The maximum absolute atomic E-state index is 10.8. The fourth-order valence-corrected chi connectivity index (χ4v) is 4.58. The lowest BCUT2D eigenvalue weighted by atomic mass is 10.00. The molecule has 5 rings (SSSR count). The Morgan fingerprint density at radius 2 is 1.91 bits per heavy atom. The van der Waals surface area contributed by atoms with Crippen LogP contribution in [0.3, 0.4) is 0 Å². The number of furan rings is 1. The summed E-state index contributed by atoms with van der Waals surface area (Å²) in [7, 11) is 0. The highest BCUT2D eigenvalue weighted by atomic mass is 32.2. The number of nitro benzene ring substituents is 1. The molecular formula is C22H23N7O4S. The van der Waals surface area contributed by atoms with Crippen LogP contribution >= 0.6 is 11.8 Å². The Labute approximate surface area is 199 Å². The largest absolute Gasteiger partial charge is 0.467 e. The van der Waals surface area contributed by atoms with Gasteiger partial charge in [-0.05, 0) is 43.0 Å². The van der Waals surface area contributed by atoms with Gasteiger partial charge in [0.1, 0.15) is 5.76 Å². The molecule has 0 atom stereocenters. The summed E-state index contributed by atoms with van der Waals surface area (Å²) in [4.78, 5) is 12.7. The van der Waals surface area contributed by atoms with Crippen molar-refractivity contribution in [3.05, 3.63) is 64.4 Å². The molecule has 176 valence electrons. The van der Waals surface area contributed by atoms with Gasteiger partial charge in [-0.3, -0.25) is 14.7 Å². The SMILES string of the molecule is CC1CCN(c2nnc(SCc3nnc(-c4ccc([N+](=O)[O-])cc4)o3)n2Cc2ccco2)CC1. The highest BCUT2D eigenvalue weighted by Gasteiger charge is 2.24. The molecular weight excluding hydrogens is 458 g/mol. The van der Waals surface area contributed by atoms with Crippen molar-refractivity contribution in [1.29, 1.82) is 0 Å². The highest BCUT2D eigenvalue weighted by Crippen LogP contribution is 2.29. The molecule has 0 aliphatic carbocycles. The smallest absolute Gasteiger partial charge is 0.269 e. The van der Waals surface area contributed by atoms with Crippen LogP contribution in [0.2, 0.25) is 0 Å². The molecule has 1 aliphatic rings. The van der Waals surface area contributed by atoms with Gasteiger partial charge in [-0.2, -0.15) is 0 Å². The lowest BCUT2D eigenvalue weighted by Gasteiger charge is -2.31. The molecule has 0 unspecified atom stereocenters. The summed E-state index contributed by atoms with van der Waals surface area (Å²) in [6.07, 6.45) is 3.92. The fourth-order valence-electron chi connectivity index (χ4n) is 3.81. The first-order chi connectivity index (χ1) is 16.6. The number of aromatic nitrogens is 5. The fraction of sp³-hybridized carbons (Fsp3) is 0.364. The number of benzene rings is 1. The molecule has 1 fully saturated rings. The number of thioether (sulfide) groups is 1. The quantitative estimate of drug-likeness (QED) is 0.203. The van der Waals surface area contributed by atoms with Crippen LogP contribution in [0.1, 0.15) is 31.4 Å². The molecule has 1 aliphatic heterocycles. The van der Waals surface area contributed by atoms with Crippen LogP contribution in [0.15, 0.2) is 56.7 Å². The topological polar surface area (TPSA) is 129 Å². The Balaban J connectivity index is 1.32. The van der Waals surface area contributed by atoms with E-state index in [0.717, 1.165) is 42.8 Å². The van der Waals surface area contributed by atoms with E-state index in [1.807, 2.05) is 12.1 Å². The lowest BCUT2D eigenvalue weighted by Crippen LogP contribution is -2.35. The third-order valence-corrected chi connectivity index (χ3v) is 6.73. The lowest BCUT2D eigenvalue weighted by molar-refractivity contribution is -0.384. The van der Waals surface area contributed by atoms with Gasteiger partial charge in [0.05, 0.1) is 23.5 Å². The first-order valence-electron chi connectivity index (χ1n) is 11.0. The summed E-state index contributed by atoms with van der Waals surface area (Å²) < 4.78 is 13.4. The van der Waals surface area contributed by atoms with Gasteiger partial charge in [0, 0.05) is 30.8 Å². The van der Waals surface area contributed by atoms with Crippen molar-refractivity contribution in [2.45, 2.75) is 37.2 Å². The first kappa shape index (κ1) is 22.1. The average molecular weight is 482 g/mol. The summed E-state index contributed by atoms with van der Waals surface area (Å²) in [5.41, 5.74) is 0.630. The number of piperidine rings is 1. The molecule has 1 aromatic carbocycles. The molecule has 4 aromatic rings. The van der Waals surface area contributed by atoms with E-state index in [0.29, 0.717) is 35.6 Å². The second-order valence-electron chi connectivity index (χ2n) is 8.21. The number of rotatable bonds is 8. The Morgan fingerprint density at radius 3 is 2.62 bits per heavy atom. The van der Waals surface area contributed by atoms with E-state index in [1.165, 1.54) is 23.9 Å². The number of non-ortho nitro benzene ring substituents is 1. The zero-order valence-electron chi connectivity index (χ0n) is 18.5. The van der Waals surface area contributed by atoms with Gasteiger partial charge < -0.3 is 13.7 Å². The molecule has 0 radical (unpaired) electrons. The molecule has 0 N–H and O–H groups in total. The minimum Gasteiger partial charge on any atom is -0.467 e. The van der Waals surface area contributed by atoms with Crippen LogP contribution < -0.4 is 4.90 Å². The Hall–Kier alpha value is -3.67. The second kappa shape index (κ2) is 9.67. The van der Waals surface area contributed by atoms with E-state index < -0.39 is 4.92 Å². The van der Waals surface area contributed by atoms with Crippen molar-refractivity contribution in [2.24, 2.45) is 5.92 Å². The molecule has 3 aromatic heterocycles. The molecule has 0 saturated carbocycles. The van der Waals surface area contributed by atoms with E-state index in [1.54, 1.807) is 18.4 Å². The number of anilines is 1. The van der Waals surface area contributed by atoms with E-state index >= 15 is 0 Å². The molecule has 0 bridgehead atoms. The van der Waals surface area contributed by atoms with Crippen molar-refractivity contribution in [3.63, 3.8) is 0 Å². The summed E-state index contributed by atoms with van der Waals surface area (Å²) in [5.74, 6) is 3.53. The van der Waals surface area contributed by atoms with Gasteiger partial charge in [-0.15, -0.1) is 20.4 Å². The van der Waals surface area contributed by atoms with E-state index in [-0.39, 0.29) is 5.69 Å². The van der Waals surface area contributed by atoms with Gasteiger partial charge >= 0.3 is 0 Å². The number of hydrogen-bond acceptors (Lipinski definition) is 10. The van der Waals surface area contributed by atoms with Crippen molar-refractivity contribution in [3.8, 4) is 11.5 Å². The number of nitro groups is 1. The van der Waals surface area contributed by atoms with Gasteiger partial charge in [-0.1, -0.05) is 18.7 Å². The van der Waals surface area contributed by atoms with Crippen LogP contribution in [-0.2, 0) is 12.3 Å². The second-order valence-corrected chi connectivity index (χ2v) is 9.15. The van der Waals surface area contributed by atoms with Crippen LogP contribution in [0.4, 0.5) is 11.6 Å². The van der Waals surface area contributed by atoms with Gasteiger partial charge in [0.2, 0.25) is 17.7 Å². The summed E-state index contributed by atoms with van der Waals surface area (Å²) in [6.45, 7) is 4.71. The zero-order chi connectivity index (χ0) is 23.5. The predicted molar refractivity (Wildman–Crippen MR) is 124 cm³/mol. The van der Waals surface area contributed by atoms with Crippen LogP contribution in [0, 0.1) is 16.0 Å². The Morgan fingerprint density at radius 1 is 1.12 bits per heavy atom. The minimum atomic E-state index is -0.447. The molecule has 1 saturated heterocycles.